The van der Waals surface area contributed by atoms with Crippen molar-refractivity contribution >= 4 is 5.91 Å². The minimum absolute atomic E-state index is 0.0966. The first-order valence-corrected chi connectivity index (χ1v) is 5.53. The normalized spacial score (nSPS) is 17.6. The van der Waals surface area contributed by atoms with Gasteiger partial charge in [-0.15, -0.1) is 0 Å². The van der Waals surface area contributed by atoms with Crippen molar-refractivity contribution in [3.63, 3.8) is 0 Å². The number of carbonyl (C=O) groups is 1. The van der Waals surface area contributed by atoms with Gasteiger partial charge in [-0.05, 0) is 33.2 Å². The van der Waals surface area contributed by atoms with Gasteiger partial charge < -0.3 is 10.6 Å². The molecule has 1 rings (SSSR count). The molecule has 0 bridgehead atoms. The van der Waals surface area contributed by atoms with E-state index in [1.165, 1.54) is 19.3 Å². The SMILES string of the molecule is CNC(C)(C)C(=O)NCCC1CCC1. The first kappa shape index (κ1) is 11.5. The van der Waals surface area contributed by atoms with Crippen molar-refractivity contribution in [1.82, 2.24) is 10.6 Å². The maximum atomic E-state index is 11.6. The van der Waals surface area contributed by atoms with E-state index in [4.69, 9.17) is 0 Å². The fraction of sp³-hybridized carbons (Fsp3) is 0.909. The lowest BCUT2D eigenvalue weighted by molar-refractivity contribution is -0.126. The van der Waals surface area contributed by atoms with Crippen molar-refractivity contribution in [2.75, 3.05) is 13.6 Å². The third-order valence-electron chi connectivity index (χ3n) is 3.26. The predicted molar refractivity (Wildman–Crippen MR) is 58.1 cm³/mol. The van der Waals surface area contributed by atoms with Gasteiger partial charge in [0.2, 0.25) is 5.91 Å². The summed E-state index contributed by atoms with van der Waals surface area (Å²) < 4.78 is 0. The molecule has 1 aliphatic rings. The Balaban J connectivity index is 2.13. The number of hydrogen-bond acceptors (Lipinski definition) is 2. The van der Waals surface area contributed by atoms with Gasteiger partial charge in [-0.2, -0.15) is 0 Å². The van der Waals surface area contributed by atoms with Gasteiger partial charge in [-0.3, -0.25) is 4.79 Å². The first-order chi connectivity index (χ1) is 6.56. The van der Waals surface area contributed by atoms with E-state index >= 15 is 0 Å². The average Bonchev–Trinajstić information content (AvgIpc) is 2.08. The quantitative estimate of drug-likeness (QED) is 0.699. The van der Waals surface area contributed by atoms with Crippen LogP contribution in [-0.2, 0) is 4.79 Å². The molecule has 14 heavy (non-hydrogen) atoms. The summed E-state index contributed by atoms with van der Waals surface area (Å²) in [5, 5.41) is 5.97. The Labute approximate surface area is 86.6 Å². The average molecular weight is 198 g/mol. The van der Waals surface area contributed by atoms with Crippen LogP contribution in [-0.4, -0.2) is 25.0 Å². The first-order valence-electron chi connectivity index (χ1n) is 5.53. The highest BCUT2D eigenvalue weighted by molar-refractivity contribution is 5.85. The summed E-state index contributed by atoms with van der Waals surface area (Å²) in [5.74, 6) is 0.965. The predicted octanol–water partition coefficient (Wildman–Crippen LogP) is 1.29. The molecule has 3 heteroatoms. The Morgan fingerprint density at radius 2 is 2.07 bits per heavy atom. The number of nitrogens with one attached hydrogen (secondary N) is 2. The van der Waals surface area contributed by atoms with E-state index in [-0.39, 0.29) is 5.91 Å². The Kier molecular flexibility index (Phi) is 3.93. The molecule has 1 saturated carbocycles. The monoisotopic (exact) mass is 198 g/mol. The summed E-state index contributed by atoms with van der Waals surface area (Å²) in [6.45, 7) is 4.62. The zero-order chi connectivity index (χ0) is 10.6. The van der Waals surface area contributed by atoms with Crippen molar-refractivity contribution in [2.24, 2.45) is 5.92 Å². The van der Waals surface area contributed by atoms with Crippen LogP contribution in [0.4, 0.5) is 0 Å². The number of hydrogen-bond donors (Lipinski definition) is 2. The van der Waals surface area contributed by atoms with Crippen LogP contribution in [0.15, 0.2) is 0 Å². The van der Waals surface area contributed by atoms with Crippen molar-refractivity contribution in [3.05, 3.63) is 0 Å². The molecule has 0 heterocycles. The minimum Gasteiger partial charge on any atom is -0.355 e. The molecular weight excluding hydrogens is 176 g/mol. The van der Waals surface area contributed by atoms with Crippen LogP contribution in [0.5, 0.6) is 0 Å². The van der Waals surface area contributed by atoms with Crippen LogP contribution in [0.2, 0.25) is 0 Å². The number of carbonyl (C=O) groups excluding carboxylic acids is 1. The van der Waals surface area contributed by atoms with Gasteiger partial charge in [0.1, 0.15) is 0 Å². The third kappa shape index (κ3) is 2.98. The Bertz CT molecular complexity index is 197. The Morgan fingerprint density at radius 3 is 2.50 bits per heavy atom. The number of likely N-dealkylation sites (N-methyl/N-ethyl adjacent to an activating group) is 1. The molecule has 0 atom stereocenters. The Morgan fingerprint density at radius 1 is 1.43 bits per heavy atom. The van der Waals surface area contributed by atoms with Crippen molar-refractivity contribution < 1.29 is 4.79 Å². The van der Waals surface area contributed by atoms with Gasteiger partial charge in [-0.25, -0.2) is 0 Å². The summed E-state index contributed by atoms with van der Waals surface area (Å²) in [6.07, 6.45) is 5.22. The van der Waals surface area contributed by atoms with E-state index in [1.54, 1.807) is 0 Å². The van der Waals surface area contributed by atoms with E-state index in [9.17, 15) is 4.79 Å². The van der Waals surface area contributed by atoms with E-state index in [0.29, 0.717) is 0 Å². The van der Waals surface area contributed by atoms with Gasteiger partial charge in [0, 0.05) is 6.54 Å². The molecule has 0 aromatic heterocycles. The summed E-state index contributed by atoms with van der Waals surface area (Å²) in [7, 11) is 1.81. The maximum Gasteiger partial charge on any atom is 0.239 e. The van der Waals surface area contributed by atoms with Crippen LogP contribution < -0.4 is 10.6 Å². The van der Waals surface area contributed by atoms with E-state index in [0.717, 1.165) is 18.9 Å². The topological polar surface area (TPSA) is 41.1 Å². The molecule has 3 nitrogen and oxygen atoms in total. The summed E-state index contributed by atoms with van der Waals surface area (Å²) in [6, 6.07) is 0. The summed E-state index contributed by atoms with van der Waals surface area (Å²) in [4.78, 5) is 11.6. The maximum absolute atomic E-state index is 11.6. The van der Waals surface area contributed by atoms with E-state index in [1.807, 2.05) is 20.9 Å². The van der Waals surface area contributed by atoms with Gasteiger partial charge in [0.15, 0.2) is 0 Å². The standard InChI is InChI=1S/C11H22N2O/c1-11(2,12-3)10(14)13-8-7-9-5-4-6-9/h9,12H,4-8H2,1-3H3,(H,13,14). The molecule has 0 unspecified atom stereocenters. The molecule has 0 radical (unpaired) electrons. The lowest BCUT2D eigenvalue weighted by atomic mass is 9.83. The van der Waals surface area contributed by atoms with E-state index in [2.05, 4.69) is 10.6 Å². The highest BCUT2D eigenvalue weighted by atomic mass is 16.2. The molecule has 0 aromatic rings. The zero-order valence-electron chi connectivity index (χ0n) is 9.52. The third-order valence-corrected chi connectivity index (χ3v) is 3.26. The molecule has 0 aliphatic heterocycles. The van der Waals surface area contributed by atoms with Crippen LogP contribution in [0.3, 0.4) is 0 Å². The van der Waals surface area contributed by atoms with Crippen molar-refractivity contribution in [3.8, 4) is 0 Å². The van der Waals surface area contributed by atoms with Crippen LogP contribution in [0.25, 0.3) is 0 Å². The second-order valence-corrected chi connectivity index (χ2v) is 4.72. The van der Waals surface area contributed by atoms with Crippen molar-refractivity contribution in [2.45, 2.75) is 45.1 Å². The fourth-order valence-electron chi connectivity index (χ4n) is 1.51. The largest absolute Gasteiger partial charge is 0.355 e. The molecule has 2 N–H and O–H groups in total. The van der Waals surface area contributed by atoms with Gasteiger partial charge in [0.05, 0.1) is 5.54 Å². The molecule has 82 valence electrons. The fourth-order valence-corrected chi connectivity index (χ4v) is 1.51. The highest BCUT2D eigenvalue weighted by Crippen LogP contribution is 2.28. The van der Waals surface area contributed by atoms with Crippen LogP contribution in [0.1, 0.15) is 39.5 Å². The molecule has 0 spiro atoms. The van der Waals surface area contributed by atoms with Gasteiger partial charge in [0.25, 0.3) is 0 Å². The zero-order valence-corrected chi connectivity index (χ0v) is 9.52. The molecule has 1 amide bonds. The lowest BCUT2D eigenvalue weighted by Gasteiger charge is -2.27. The smallest absolute Gasteiger partial charge is 0.239 e. The van der Waals surface area contributed by atoms with Crippen LogP contribution in [0, 0.1) is 5.92 Å². The molecule has 0 aromatic carbocycles. The van der Waals surface area contributed by atoms with Gasteiger partial charge in [-0.1, -0.05) is 19.3 Å². The minimum atomic E-state index is -0.445. The summed E-state index contributed by atoms with van der Waals surface area (Å²) in [5.41, 5.74) is -0.445. The van der Waals surface area contributed by atoms with E-state index < -0.39 is 5.54 Å². The van der Waals surface area contributed by atoms with Crippen molar-refractivity contribution in [1.29, 1.82) is 0 Å². The second-order valence-electron chi connectivity index (χ2n) is 4.72. The van der Waals surface area contributed by atoms with Crippen LogP contribution >= 0.6 is 0 Å². The highest BCUT2D eigenvalue weighted by Gasteiger charge is 2.25. The molecule has 1 fully saturated rings. The number of amides is 1. The summed E-state index contributed by atoms with van der Waals surface area (Å²) >= 11 is 0. The second kappa shape index (κ2) is 4.78. The van der Waals surface area contributed by atoms with Gasteiger partial charge >= 0.3 is 0 Å². The molecular formula is C11H22N2O. The molecule has 0 saturated heterocycles. The molecule has 1 aliphatic carbocycles. The number of rotatable bonds is 5. The Hall–Kier alpha value is -0.570. The lowest BCUT2D eigenvalue weighted by Crippen LogP contribution is -2.51.